The van der Waals surface area contributed by atoms with E-state index < -0.39 is 0 Å². The molecule has 108 valence electrons. The highest BCUT2D eigenvalue weighted by atomic mass is 16.5. The van der Waals surface area contributed by atoms with Crippen LogP contribution in [-0.2, 0) is 9.53 Å². The molecule has 0 spiro atoms. The summed E-state index contributed by atoms with van der Waals surface area (Å²) in [6.07, 6.45) is 2.86. The van der Waals surface area contributed by atoms with Gasteiger partial charge in [0.05, 0.1) is 24.7 Å². The quantitative estimate of drug-likeness (QED) is 0.918. The summed E-state index contributed by atoms with van der Waals surface area (Å²) in [7, 11) is 0. The van der Waals surface area contributed by atoms with Gasteiger partial charge in [-0.3, -0.25) is 4.79 Å². The predicted octanol–water partition coefficient (Wildman–Crippen LogP) is 2.44. The lowest BCUT2D eigenvalue weighted by molar-refractivity contribution is -0.124. The van der Waals surface area contributed by atoms with Crippen LogP contribution in [0.5, 0.6) is 5.75 Å². The predicted molar refractivity (Wildman–Crippen MR) is 75.6 cm³/mol. The van der Waals surface area contributed by atoms with Crippen molar-refractivity contribution < 1.29 is 14.3 Å². The molecule has 0 saturated heterocycles. The number of hydrogen-bond acceptors (Lipinski definition) is 3. The molecule has 1 aliphatic heterocycles. The van der Waals surface area contributed by atoms with Crippen LogP contribution in [0, 0.1) is 5.92 Å². The molecule has 3 rings (SSSR count). The molecule has 3 unspecified atom stereocenters. The van der Waals surface area contributed by atoms with Gasteiger partial charge in [-0.25, -0.2) is 0 Å². The molecule has 1 aromatic carbocycles. The van der Waals surface area contributed by atoms with Gasteiger partial charge in [0, 0.05) is 12.2 Å². The Balaban J connectivity index is 1.67. The van der Waals surface area contributed by atoms with Gasteiger partial charge in [0.1, 0.15) is 5.75 Å². The van der Waals surface area contributed by atoms with Crippen molar-refractivity contribution in [3.05, 3.63) is 29.8 Å². The monoisotopic (exact) mass is 275 g/mol. The maximum Gasteiger partial charge on any atom is 0.226 e. The van der Waals surface area contributed by atoms with E-state index in [1.807, 2.05) is 31.2 Å². The van der Waals surface area contributed by atoms with Gasteiger partial charge in [0.2, 0.25) is 5.91 Å². The maximum absolute atomic E-state index is 12.2. The van der Waals surface area contributed by atoms with Gasteiger partial charge in [0.15, 0.2) is 0 Å². The number of carbonyl (C=O) groups excluding carboxylic acids is 1. The van der Waals surface area contributed by atoms with E-state index in [2.05, 4.69) is 5.32 Å². The van der Waals surface area contributed by atoms with Crippen LogP contribution in [0.3, 0.4) is 0 Å². The van der Waals surface area contributed by atoms with Gasteiger partial charge in [0.25, 0.3) is 0 Å². The zero-order valence-corrected chi connectivity index (χ0v) is 11.8. The summed E-state index contributed by atoms with van der Waals surface area (Å²) in [5.74, 6) is 1.05. The van der Waals surface area contributed by atoms with E-state index in [0.717, 1.165) is 30.6 Å². The van der Waals surface area contributed by atoms with Crippen LogP contribution in [0.4, 0.5) is 0 Å². The largest absolute Gasteiger partial charge is 0.493 e. The van der Waals surface area contributed by atoms with Crippen molar-refractivity contribution in [3.8, 4) is 5.75 Å². The topological polar surface area (TPSA) is 47.6 Å². The van der Waals surface area contributed by atoms with Gasteiger partial charge in [-0.15, -0.1) is 0 Å². The summed E-state index contributed by atoms with van der Waals surface area (Å²) in [5.41, 5.74) is 1.09. The number of fused-ring (bicyclic) bond motifs is 1. The molecule has 0 radical (unpaired) electrons. The molecule has 1 heterocycles. The van der Waals surface area contributed by atoms with Gasteiger partial charge < -0.3 is 14.8 Å². The first-order valence-corrected chi connectivity index (χ1v) is 7.43. The first-order valence-electron chi connectivity index (χ1n) is 7.43. The summed E-state index contributed by atoms with van der Waals surface area (Å²) >= 11 is 0. The van der Waals surface area contributed by atoms with Crippen LogP contribution in [0.1, 0.15) is 37.8 Å². The van der Waals surface area contributed by atoms with Crippen LogP contribution in [0.15, 0.2) is 24.3 Å². The second-order valence-corrected chi connectivity index (χ2v) is 5.43. The molecule has 1 saturated carbocycles. The van der Waals surface area contributed by atoms with Gasteiger partial charge in [-0.1, -0.05) is 18.2 Å². The molecule has 1 aromatic rings. The van der Waals surface area contributed by atoms with Crippen molar-refractivity contribution in [2.75, 3.05) is 13.2 Å². The third kappa shape index (κ3) is 2.80. The van der Waals surface area contributed by atoms with E-state index in [1.54, 1.807) is 0 Å². The smallest absolute Gasteiger partial charge is 0.226 e. The molecule has 3 atom stereocenters. The van der Waals surface area contributed by atoms with Crippen molar-refractivity contribution >= 4 is 5.91 Å². The number of amides is 1. The molecule has 4 nitrogen and oxygen atoms in total. The Morgan fingerprint density at radius 1 is 1.45 bits per heavy atom. The average molecular weight is 275 g/mol. The normalized spacial score (nSPS) is 27.9. The first kappa shape index (κ1) is 13.4. The van der Waals surface area contributed by atoms with Gasteiger partial charge in [-0.05, 0) is 32.3 Å². The zero-order chi connectivity index (χ0) is 13.9. The van der Waals surface area contributed by atoms with E-state index in [-0.39, 0.29) is 24.0 Å². The Labute approximate surface area is 119 Å². The minimum Gasteiger partial charge on any atom is -0.493 e. The van der Waals surface area contributed by atoms with Crippen LogP contribution < -0.4 is 10.1 Å². The average Bonchev–Trinajstić information content (AvgIpc) is 3.24. The highest BCUT2D eigenvalue weighted by Crippen LogP contribution is 2.36. The first-order chi connectivity index (χ1) is 9.79. The van der Waals surface area contributed by atoms with E-state index >= 15 is 0 Å². The van der Waals surface area contributed by atoms with Crippen molar-refractivity contribution in [2.45, 2.75) is 38.3 Å². The summed E-state index contributed by atoms with van der Waals surface area (Å²) in [4.78, 5) is 12.2. The lowest BCUT2D eigenvalue weighted by atomic mass is 10.0. The summed E-state index contributed by atoms with van der Waals surface area (Å²) in [6.45, 7) is 3.36. The third-order valence-corrected chi connectivity index (χ3v) is 3.96. The van der Waals surface area contributed by atoms with Crippen molar-refractivity contribution in [2.24, 2.45) is 5.92 Å². The standard InChI is InChI=1S/C16H21NO3/c1-2-19-15-10-12(15)16(18)17-13-7-5-9-20-14-8-4-3-6-11(13)14/h3-4,6,8,12-13,15H,2,5,7,9-10H2,1H3,(H,17,18). The van der Waals surface area contributed by atoms with E-state index in [9.17, 15) is 4.79 Å². The number of para-hydroxylation sites is 1. The Kier molecular flexibility index (Phi) is 3.92. The number of ether oxygens (including phenoxy) is 2. The zero-order valence-electron chi connectivity index (χ0n) is 11.8. The molecule has 1 fully saturated rings. The van der Waals surface area contributed by atoms with Crippen LogP contribution >= 0.6 is 0 Å². The van der Waals surface area contributed by atoms with E-state index in [1.165, 1.54) is 0 Å². The number of benzene rings is 1. The molecular formula is C16H21NO3. The maximum atomic E-state index is 12.2. The fraction of sp³-hybridized carbons (Fsp3) is 0.562. The Morgan fingerprint density at radius 2 is 2.30 bits per heavy atom. The summed E-state index contributed by atoms with van der Waals surface area (Å²) in [6, 6.07) is 8.03. The summed E-state index contributed by atoms with van der Waals surface area (Å²) in [5, 5.41) is 3.17. The van der Waals surface area contributed by atoms with Gasteiger partial charge >= 0.3 is 0 Å². The second kappa shape index (κ2) is 5.83. The fourth-order valence-corrected chi connectivity index (χ4v) is 2.80. The van der Waals surface area contributed by atoms with E-state index in [0.29, 0.717) is 13.2 Å². The molecule has 1 N–H and O–H groups in total. The van der Waals surface area contributed by atoms with Crippen LogP contribution in [-0.4, -0.2) is 25.2 Å². The SMILES string of the molecule is CCOC1CC1C(=O)NC1CCCOc2ccccc21. The van der Waals surface area contributed by atoms with Crippen molar-refractivity contribution in [1.29, 1.82) is 0 Å². The molecule has 4 heteroatoms. The fourth-order valence-electron chi connectivity index (χ4n) is 2.80. The molecule has 2 aliphatic rings. The molecule has 1 aliphatic carbocycles. The lowest BCUT2D eigenvalue weighted by Crippen LogP contribution is -2.30. The molecular weight excluding hydrogens is 254 g/mol. The molecule has 0 aromatic heterocycles. The van der Waals surface area contributed by atoms with Crippen LogP contribution in [0.25, 0.3) is 0 Å². The summed E-state index contributed by atoms with van der Waals surface area (Å²) < 4.78 is 11.2. The molecule has 20 heavy (non-hydrogen) atoms. The third-order valence-electron chi connectivity index (χ3n) is 3.96. The van der Waals surface area contributed by atoms with Crippen molar-refractivity contribution in [3.63, 3.8) is 0 Å². The minimum absolute atomic E-state index is 0.0336. The number of carbonyl (C=O) groups is 1. The van der Waals surface area contributed by atoms with E-state index in [4.69, 9.17) is 9.47 Å². The number of hydrogen-bond donors (Lipinski definition) is 1. The minimum atomic E-state index is 0.0336. The molecule has 0 bridgehead atoms. The van der Waals surface area contributed by atoms with Crippen molar-refractivity contribution in [1.82, 2.24) is 5.32 Å². The van der Waals surface area contributed by atoms with Gasteiger partial charge in [-0.2, -0.15) is 0 Å². The van der Waals surface area contributed by atoms with Crippen LogP contribution in [0.2, 0.25) is 0 Å². The molecule has 1 amide bonds. The number of rotatable bonds is 4. The Bertz CT molecular complexity index is 488. The number of nitrogens with one attached hydrogen (secondary N) is 1. The highest BCUT2D eigenvalue weighted by Gasteiger charge is 2.44. The lowest BCUT2D eigenvalue weighted by Gasteiger charge is -2.18. The Morgan fingerprint density at radius 3 is 3.15 bits per heavy atom. The Hall–Kier alpha value is -1.55. The highest BCUT2D eigenvalue weighted by molar-refractivity contribution is 5.82. The second-order valence-electron chi connectivity index (χ2n) is 5.43.